The number of aromatic amines is 2. The number of carbonyl (C=O) groups is 5. The van der Waals surface area contributed by atoms with E-state index in [9.17, 15) is 29.1 Å². The maximum Gasteiger partial charge on any atom is 0.326 e. The fraction of sp³-hybridized carbons (Fsp3) is 0.407. The first-order valence-corrected chi connectivity index (χ1v) is 13.3. The lowest BCUT2D eigenvalue weighted by Crippen LogP contribution is -2.57. The third-order valence-electron chi connectivity index (χ3n) is 7.18. The molecule has 0 radical (unpaired) electrons. The number of para-hydroxylation sites is 1. The zero-order chi connectivity index (χ0) is 29.5. The van der Waals surface area contributed by atoms with Crippen LogP contribution in [-0.4, -0.2) is 85.3 Å². The molecule has 0 spiro atoms. The van der Waals surface area contributed by atoms with Crippen LogP contribution in [-0.2, 0) is 36.8 Å². The van der Waals surface area contributed by atoms with Crippen LogP contribution in [0, 0.1) is 0 Å². The molecule has 1 aromatic carbocycles. The summed E-state index contributed by atoms with van der Waals surface area (Å²) in [7, 11) is 0. The highest BCUT2D eigenvalue weighted by molar-refractivity contribution is 5.95. The number of fused-ring (bicyclic) bond motifs is 1. The van der Waals surface area contributed by atoms with Gasteiger partial charge >= 0.3 is 5.97 Å². The third kappa shape index (κ3) is 7.28. The smallest absolute Gasteiger partial charge is 0.326 e. The summed E-state index contributed by atoms with van der Waals surface area (Å²) >= 11 is 0. The molecule has 218 valence electrons. The Hall–Kier alpha value is -4.72. The van der Waals surface area contributed by atoms with E-state index >= 15 is 0 Å². The van der Waals surface area contributed by atoms with E-state index in [1.165, 1.54) is 17.4 Å². The van der Waals surface area contributed by atoms with Crippen LogP contribution >= 0.6 is 0 Å². The first-order chi connectivity index (χ1) is 19.6. The summed E-state index contributed by atoms with van der Waals surface area (Å²) in [5, 5.41) is 15.6. The molecule has 2 aromatic heterocycles. The van der Waals surface area contributed by atoms with Gasteiger partial charge in [-0.1, -0.05) is 18.2 Å². The minimum atomic E-state index is -1.34. The molecule has 9 N–H and O–H groups in total. The van der Waals surface area contributed by atoms with Crippen LogP contribution in [0.2, 0.25) is 0 Å². The fourth-order valence-electron chi connectivity index (χ4n) is 5.04. The first-order valence-electron chi connectivity index (χ1n) is 13.3. The van der Waals surface area contributed by atoms with Crippen molar-refractivity contribution in [1.82, 2.24) is 30.5 Å². The number of nitrogens with one attached hydrogen (secondary N) is 4. The lowest BCUT2D eigenvalue weighted by atomic mass is 10.0. The van der Waals surface area contributed by atoms with Crippen molar-refractivity contribution >= 4 is 40.5 Å². The van der Waals surface area contributed by atoms with Crippen LogP contribution in [0.15, 0.2) is 43.0 Å². The van der Waals surface area contributed by atoms with Crippen molar-refractivity contribution in [1.29, 1.82) is 0 Å². The lowest BCUT2D eigenvalue weighted by Gasteiger charge is -2.30. The van der Waals surface area contributed by atoms with Gasteiger partial charge in [0.05, 0.1) is 12.4 Å². The largest absolute Gasteiger partial charge is 0.480 e. The number of H-pyrrole nitrogens is 2. The molecule has 1 aliphatic heterocycles. The maximum atomic E-state index is 13.7. The number of aromatic nitrogens is 3. The van der Waals surface area contributed by atoms with Crippen LogP contribution < -0.4 is 22.1 Å². The number of rotatable bonds is 13. The SMILES string of the molecule is NC(=O)CCC(NC(=O)C1CCCN1C(=O)C(Cc1cnc[nH]1)NC(=O)C(N)Cc1c[nH]c2ccccc12)C(=O)O. The molecule has 4 atom stereocenters. The van der Waals surface area contributed by atoms with Gasteiger partial charge in [0, 0.05) is 48.4 Å². The molecular formula is C27H34N8O6. The Morgan fingerprint density at radius 1 is 1.10 bits per heavy atom. The highest BCUT2D eigenvalue weighted by Gasteiger charge is 2.39. The highest BCUT2D eigenvalue weighted by Crippen LogP contribution is 2.21. The molecule has 3 aromatic rings. The molecule has 1 saturated heterocycles. The Balaban J connectivity index is 1.46. The molecule has 0 aliphatic carbocycles. The zero-order valence-corrected chi connectivity index (χ0v) is 22.3. The molecular weight excluding hydrogens is 532 g/mol. The number of nitrogens with zero attached hydrogens (tertiary/aromatic N) is 2. The second-order valence-corrected chi connectivity index (χ2v) is 10.1. The maximum absolute atomic E-state index is 13.7. The Morgan fingerprint density at radius 2 is 1.88 bits per heavy atom. The normalized spacial score (nSPS) is 17.1. The highest BCUT2D eigenvalue weighted by atomic mass is 16.4. The summed E-state index contributed by atoms with van der Waals surface area (Å²) in [6.07, 6.45) is 5.51. The summed E-state index contributed by atoms with van der Waals surface area (Å²) in [4.78, 5) is 74.1. The quantitative estimate of drug-likeness (QED) is 0.140. The van der Waals surface area contributed by atoms with Gasteiger partial charge in [-0.3, -0.25) is 19.2 Å². The molecule has 41 heavy (non-hydrogen) atoms. The van der Waals surface area contributed by atoms with Gasteiger partial charge in [-0.15, -0.1) is 0 Å². The average molecular weight is 567 g/mol. The van der Waals surface area contributed by atoms with E-state index in [-0.39, 0.29) is 32.2 Å². The number of likely N-dealkylation sites (tertiary alicyclic amines) is 1. The van der Waals surface area contributed by atoms with E-state index in [0.29, 0.717) is 18.5 Å². The molecule has 4 rings (SSSR count). The Kier molecular flexibility index (Phi) is 9.34. The number of amides is 4. The van der Waals surface area contributed by atoms with Crippen molar-refractivity contribution in [3.63, 3.8) is 0 Å². The molecule has 4 unspecified atom stereocenters. The molecule has 14 nitrogen and oxygen atoms in total. The summed E-state index contributed by atoms with van der Waals surface area (Å²) in [6, 6.07) is 3.34. The summed E-state index contributed by atoms with van der Waals surface area (Å²) in [5.74, 6) is -3.71. The number of nitrogens with two attached hydrogens (primary N) is 2. The van der Waals surface area contributed by atoms with Crippen LogP contribution in [0.25, 0.3) is 10.9 Å². The van der Waals surface area contributed by atoms with Gasteiger partial charge < -0.3 is 42.1 Å². The standard InChI is InChI=1S/C27H34N8O6/c28-18(10-15-12-31-19-5-2-1-4-17(15)19)24(37)34-21(11-16-13-30-14-32-16)26(39)35-9-3-6-22(35)25(38)33-20(27(40)41)7-8-23(29)36/h1-2,4-5,12-14,18,20-22,31H,3,6-11,28H2,(H2,29,36)(H,30,32)(H,33,38)(H,34,37)(H,40,41). The van der Waals surface area contributed by atoms with E-state index in [1.54, 1.807) is 6.20 Å². The minimum absolute atomic E-state index is 0.0750. The van der Waals surface area contributed by atoms with Crippen LogP contribution in [0.4, 0.5) is 0 Å². The fourth-order valence-corrected chi connectivity index (χ4v) is 5.04. The van der Waals surface area contributed by atoms with Crippen LogP contribution in [0.5, 0.6) is 0 Å². The van der Waals surface area contributed by atoms with Gasteiger partial charge in [0.15, 0.2) is 0 Å². The molecule has 4 amide bonds. The molecule has 3 heterocycles. The number of hydrogen-bond donors (Lipinski definition) is 7. The van der Waals surface area contributed by atoms with Gasteiger partial charge in [-0.05, 0) is 37.3 Å². The zero-order valence-electron chi connectivity index (χ0n) is 22.3. The number of primary amides is 1. The average Bonchev–Trinajstić information content (AvgIpc) is 3.71. The minimum Gasteiger partial charge on any atom is -0.480 e. The van der Waals surface area contributed by atoms with E-state index in [4.69, 9.17) is 11.5 Å². The monoisotopic (exact) mass is 566 g/mol. The van der Waals surface area contributed by atoms with Gasteiger partial charge in [0.1, 0.15) is 18.1 Å². The number of benzene rings is 1. The Labute approximate surface area is 235 Å². The summed E-state index contributed by atoms with van der Waals surface area (Å²) < 4.78 is 0. The molecule has 1 aliphatic rings. The Morgan fingerprint density at radius 3 is 2.59 bits per heavy atom. The van der Waals surface area contributed by atoms with Crippen LogP contribution in [0.3, 0.4) is 0 Å². The van der Waals surface area contributed by atoms with Crippen molar-refractivity contribution in [2.75, 3.05) is 6.54 Å². The third-order valence-corrected chi connectivity index (χ3v) is 7.18. The van der Waals surface area contributed by atoms with E-state index in [0.717, 1.165) is 16.5 Å². The number of carboxylic acid groups (broad SMARTS) is 1. The van der Waals surface area contributed by atoms with E-state index < -0.39 is 53.8 Å². The second-order valence-electron chi connectivity index (χ2n) is 10.1. The Bertz CT molecular complexity index is 1400. The van der Waals surface area contributed by atoms with E-state index in [1.807, 2.05) is 24.3 Å². The number of aliphatic carboxylic acids is 1. The lowest BCUT2D eigenvalue weighted by molar-refractivity contribution is -0.145. The van der Waals surface area contributed by atoms with Gasteiger partial charge in [-0.25, -0.2) is 9.78 Å². The topological polar surface area (TPSA) is 229 Å². The molecule has 1 fully saturated rings. The number of carboxylic acids is 1. The summed E-state index contributed by atoms with van der Waals surface area (Å²) in [5.41, 5.74) is 13.7. The van der Waals surface area contributed by atoms with Crippen molar-refractivity contribution in [2.24, 2.45) is 11.5 Å². The van der Waals surface area contributed by atoms with Gasteiger partial charge in [0.25, 0.3) is 0 Å². The second kappa shape index (κ2) is 13.1. The molecule has 14 heteroatoms. The number of imidazole rings is 1. The van der Waals surface area contributed by atoms with Crippen LogP contribution in [0.1, 0.15) is 36.9 Å². The number of carbonyl (C=O) groups excluding carboxylic acids is 4. The molecule has 0 bridgehead atoms. The van der Waals surface area contributed by atoms with Gasteiger partial charge in [-0.2, -0.15) is 0 Å². The molecule has 0 saturated carbocycles. The van der Waals surface area contributed by atoms with Crippen molar-refractivity contribution in [3.05, 3.63) is 54.2 Å². The predicted molar refractivity (Wildman–Crippen MR) is 147 cm³/mol. The van der Waals surface area contributed by atoms with Crippen molar-refractivity contribution in [2.45, 2.75) is 62.7 Å². The predicted octanol–water partition coefficient (Wildman–Crippen LogP) is -0.686. The van der Waals surface area contributed by atoms with Crippen molar-refractivity contribution < 1.29 is 29.1 Å². The summed E-state index contributed by atoms with van der Waals surface area (Å²) in [6.45, 7) is 0.243. The number of hydrogen-bond acceptors (Lipinski definition) is 7. The van der Waals surface area contributed by atoms with Gasteiger partial charge in [0.2, 0.25) is 23.6 Å². The first kappa shape index (κ1) is 29.3. The van der Waals surface area contributed by atoms with E-state index in [2.05, 4.69) is 25.6 Å². The van der Waals surface area contributed by atoms with Crippen molar-refractivity contribution in [3.8, 4) is 0 Å².